The van der Waals surface area contributed by atoms with Crippen LogP contribution in [0.3, 0.4) is 0 Å². The molecule has 0 bridgehead atoms. The average molecular weight is 299 g/mol. The van der Waals surface area contributed by atoms with E-state index in [2.05, 4.69) is 48.7 Å². The highest BCUT2D eigenvalue weighted by Gasteiger charge is 2.30. The predicted octanol–water partition coefficient (Wildman–Crippen LogP) is 3.47. The lowest BCUT2D eigenvalue weighted by atomic mass is 10.0. The van der Waals surface area contributed by atoms with Gasteiger partial charge in [-0.3, -0.25) is 4.90 Å². The molecule has 0 aromatic heterocycles. The SMILES string of the molecule is Cc1ccc(C(CN)N2CCSC(C)C2C)cc1Cl. The number of aryl methyl sites for hydroxylation is 1. The molecule has 1 saturated heterocycles. The molecule has 0 amide bonds. The smallest absolute Gasteiger partial charge is 0.0474 e. The third-order valence-corrected chi connectivity index (χ3v) is 5.88. The van der Waals surface area contributed by atoms with Gasteiger partial charge in [-0.25, -0.2) is 0 Å². The van der Waals surface area contributed by atoms with Crippen molar-refractivity contribution in [2.45, 2.75) is 38.1 Å². The number of nitrogens with two attached hydrogens (primary N) is 1. The summed E-state index contributed by atoms with van der Waals surface area (Å²) in [5, 5.41) is 1.49. The molecule has 0 aliphatic carbocycles. The largest absolute Gasteiger partial charge is 0.329 e. The molecule has 106 valence electrons. The van der Waals surface area contributed by atoms with Gasteiger partial charge in [0.2, 0.25) is 0 Å². The number of benzene rings is 1. The molecule has 0 radical (unpaired) electrons. The number of nitrogens with zero attached hydrogens (tertiary/aromatic N) is 1. The van der Waals surface area contributed by atoms with Crippen molar-refractivity contribution in [3.63, 3.8) is 0 Å². The Kier molecular flexibility index (Phi) is 5.18. The van der Waals surface area contributed by atoms with Crippen molar-refractivity contribution in [2.75, 3.05) is 18.8 Å². The van der Waals surface area contributed by atoms with Crippen LogP contribution < -0.4 is 5.73 Å². The van der Waals surface area contributed by atoms with Crippen LogP contribution in [0.1, 0.15) is 31.0 Å². The highest BCUT2D eigenvalue weighted by molar-refractivity contribution is 8.00. The number of halogens is 1. The summed E-state index contributed by atoms with van der Waals surface area (Å²) in [6.07, 6.45) is 0. The van der Waals surface area contributed by atoms with Crippen LogP contribution in [0.5, 0.6) is 0 Å². The molecular weight excluding hydrogens is 276 g/mol. The number of hydrogen-bond donors (Lipinski definition) is 1. The maximum absolute atomic E-state index is 6.26. The molecule has 2 rings (SSSR count). The Balaban J connectivity index is 2.25. The first kappa shape index (κ1) is 15.2. The van der Waals surface area contributed by atoms with Gasteiger partial charge in [0, 0.05) is 41.2 Å². The molecule has 19 heavy (non-hydrogen) atoms. The first-order valence-corrected chi connectivity index (χ1v) is 8.30. The number of thioether (sulfide) groups is 1. The number of rotatable bonds is 3. The van der Waals surface area contributed by atoms with Gasteiger partial charge < -0.3 is 5.73 Å². The highest BCUT2D eigenvalue weighted by Crippen LogP contribution is 2.32. The summed E-state index contributed by atoms with van der Waals surface area (Å²) in [5.74, 6) is 1.18. The van der Waals surface area contributed by atoms with E-state index in [0.29, 0.717) is 17.8 Å². The summed E-state index contributed by atoms with van der Waals surface area (Å²) in [5.41, 5.74) is 8.40. The van der Waals surface area contributed by atoms with Gasteiger partial charge in [-0.15, -0.1) is 0 Å². The van der Waals surface area contributed by atoms with Gasteiger partial charge in [-0.2, -0.15) is 11.8 Å². The van der Waals surface area contributed by atoms with E-state index in [-0.39, 0.29) is 6.04 Å². The van der Waals surface area contributed by atoms with Crippen molar-refractivity contribution in [3.8, 4) is 0 Å². The lowest BCUT2D eigenvalue weighted by molar-refractivity contribution is 0.150. The fourth-order valence-corrected chi connectivity index (χ4v) is 3.99. The normalized spacial score (nSPS) is 26.4. The van der Waals surface area contributed by atoms with Gasteiger partial charge in [0.25, 0.3) is 0 Å². The Bertz CT molecular complexity index is 438. The van der Waals surface area contributed by atoms with E-state index in [1.54, 1.807) is 0 Å². The van der Waals surface area contributed by atoms with Crippen LogP contribution in [0.4, 0.5) is 0 Å². The van der Waals surface area contributed by atoms with Crippen molar-refractivity contribution < 1.29 is 0 Å². The van der Waals surface area contributed by atoms with Gasteiger partial charge in [0.15, 0.2) is 0 Å². The summed E-state index contributed by atoms with van der Waals surface area (Å²) in [6.45, 7) is 8.38. The lowest BCUT2D eigenvalue weighted by Gasteiger charge is -2.42. The summed E-state index contributed by atoms with van der Waals surface area (Å²) in [6, 6.07) is 7.15. The molecule has 1 fully saturated rings. The van der Waals surface area contributed by atoms with Crippen molar-refractivity contribution >= 4 is 23.4 Å². The second-order valence-electron chi connectivity index (χ2n) is 5.31. The zero-order chi connectivity index (χ0) is 14.0. The van der Waals surface area contributed by atoms with Gasteiger partial charge in [-0.1, -0.05) is 30.7 Å². The van der Waals surface area contributed by atoms with Crippen LogP contribution in [-0.2, 0) is 0 Å². The third-order valence-electron chi connectivity index (χ3n) is 4.14. The Morgan fingerprint density at radius 3 is 2.84 bits per heavy atom. The maximum atomic E-state index is 6.26. The Labute approximate surface area is 125 Å². The Morgan fingerprint density at radius 1 is 1.47 bits per heavy atom. The summed E-state index contributed by atoms with van der Waals surface area (Å²) in [7, 11) is 0. The monoisotopic (exact) mass is 298 g/mol. The summed E-state index contributed by atoms with van der Waals surface area (Å²) < 4.78 is 0. The van der Waals surface area contributed by atoms with Gasteiger partial charge in [0.05, 0.1) is 0 Å². The van der Waals surface area contributed by atoms with E-state index in [9.17, 15) is 0 Å². The molecule has 1 aromatic rings. The molecule has 1 heterocycles. The van der Waals surface area contributed by atoms with Crippen molar-refractivity contribution in [1.82, 2.24) is 4.90 Å². The van der Waals surface area contributed by atoms with Crippen LogP contribution in [-0.4, -0.2) is 35.0 Å². The summed E-state index contributed by atoms with van der Waals surface area (Å²) in [4.78, 5) is 2.53. The molecule has 3 unspecified atom stereocenters. The highest BCUT2D eigenvalue weighted by atomic mass is 35.5. The number of hydrogen-bond acceptors (Lipinski definition) is 3. The molecule has 0 saturated carbocycles. The molecule has 4 heteroatoms. The first-order chi connectivity index (χ1) is 9.04. The maximum Gasteiger partial charge on any atom is 0.0474 e. The average Bonchev–Trinajstić information content (AvgIpc) is 2.39. The van der Waals surface area contributed by atoms with Crippen LogP contribution in [0.15, 0.2) is 18.2 Å². The fourth-order valence-electron chi connectivity index (χ4n) is 2.68. The molecule has 3 atom stereocenters. The van der Waals surface area contributed by atoms with E-state index >= 15 is 0 Å². The van der Waals surface area contributed by atoms with E-state index < -0.39 is 0 Å². The van der Waals surface area contributed by atoms with Crippen LogP contribution in [0.2, 0.25) is 5.02 Å². The molecule has 0 spiro atoms. The minimum atomic E-state index is 0.274. The van der Waals surface area contributed by atoms with Gasteiger partial charge in [-0.05, 0) is 31.0 Å². The minimum absolute atomic E-state index is 0.274. The van der Waals surface area contributed by atoms with Gasteiger partial charge >= 0.3 is 0 Å². The molecule has 2 N–H and O–H groups in total. The first-order valence-electron chi connectivity index (χ1n) is 6.88. The Morgan fingerprint density at radius 2 is 2.21 bits per heavy atom. The van der Waals surface area contributed by atoms with Crippen molar-refractivity contribution in [1.29, 1.82) is 0 Å². The standard InChI is InChI=1S/C15H23ClN2S/c1-10-4-5-13(8-14(10)16)15(9-17)18-6-7-19-12(3)11(18)2/h4-5,8,11-12,15H,6-7,9,17H2,1-3H3. The van der Waals surface area contributed by atoms with Crippen molar-refractivity contribution in [3.05, 3.63) is 34.3 Å². The third kappa shape index (κ3) is 3.27. The minimum Gasteiger partial charge on any atom is -0.329 e. The topological polar surface area (TPSA) is 29.3 Å². The van der Waals surface area contributed by atoms with E-state index in [4.69, 9.17) is 17.3 Å². The molecule has 1 aromatic carbocycles. The van der Waals surface area contributed by atoms with Crippen LogP contribution >= 0.6 is 23.4 Å². The predicted molar refractivity (Wildman–Crippen MR) is 86.1 cm³/mol. The van der Waals surface area contributed by atoms with E-state index in [1.807, 2.05) is 6.92 Å². The second-order valence-corrected chi connectivity index (χ2v) is 7.21. The van der Waals surface area contributed by atoms with Crippen molar-refractivity contribution in [2.24, 2.45) is 5.73 Å². The van der Waals surface area contributed by atoms with E-state index in [1.165, 1.54) is 11.3 Å². The lowest BCUT2D eigenvalue weighted by Crippen LogP contribution is -2.48. The molecule has 2 nitrogen and oxygen atoms in total. The van der Waals surface area contributed by atoms with Crippen LogP contribution in [0.25, 0.3) is 0 Å². The van der Waals surface area contributed by atoms with Gasteiger partial charge in [0.1, 0.15) is 0 Å². The fraction of sp³-hybridized carbons (Fsp3) is 0.600. The van der Waals surface area contributed by atoms with Crippen LogP contribution in [0, 0.1) is 6.92 Å². The second kappa shape index (κ2) is 6.49. The quantitative estimate of drug-likeness (QED) is 0.926. The molecule has 1 aliphatic rings. The zero-order valence-corrected chi connectivity index (χ0v) is 13.5. The van der Waals surface area contributed by atoms with E-state index in [0.717, 1.165) is 17.1 Å². The summed E-state index contributed by atoms with van der Waals surface area (Å²) >= 11 is 8.31. The molecule has 1 aliphatic heterocycles. The zero-order valence-electron chi connectivity index (χ0n) is 11.9. The Hall–Kier alpha value is -0.220. The molecular formula is C15H23ClN2S.